The average Bonchev–Trinajstić information content (AvgIpc) is 3.24. The first-order valence-electron chi connectivity index (χ1n) is 8.42. The lowest BCUT2D eigenvalue weighted by Crippen LogP contribution is -2.36. The minimum absolute atomic E-state index is 0.0317. The van der Waals surface area contributed by atoms with Crippen LogP contribution in [0.15, 0.2) is 30.5 Å². The van der Waals surface area contributed by atoms with Crippen LogP contribution < -0.4 is 15.5 Å². The van der Waals surface area contributed by atoms with Crippen molar-refractivity contribution in [3.8, 4) is 0 Å². The molecule has 2 amide bonds. The van der Waals surface area contributed by atoms with Crippen molar-refractivity contribution in [3.63, 3.8) is 0 Å². The summed E-state index contributed by atoms with van der Waals surface area (Å²) in [5.41, 5.74) is 2.38. The highest BCUT2D eigenvalue weighted by Crippen LogP contribution is 2.23. The summed E-state index contributed by atoms with van der Waals surface area (Å²) < 4.78 is 0. The number of thiazole rings is 1. The van der Waals surface area contributed by atoms with Gasteiger partial charge in [-0.1, -0.05) is 12.1 Å². The summed E-state index contributed by atoms with van der Waals surface area (Å²) >= 11 is 1.60. The van der Waals surface area contributed by atoms with Gasteiger partial charge in [0.2, 0.25) is 0 Å². The van der Waals surface area contributed by atoms with Crippen LogP contribution in [0, 0.1) is 6.92 Å². The number of aryl methyl sites for hydroxylation is 1. The molecule has 24 heavy (non-hydrogen) atoms. The molecule has 1 aromatic carbocycles. The van der Waals surface area contributed by atoms with E-state index in [2.05, 4.69) is 44.8 Å². The number of nitrogens with zero attached hydrogens (tertiary/aromatic N) is 2. The van der Waals surface area contributed by atoms with E-state index in [-0.39, 0.29) is 12.1 Å². The lowest BCUT2D eigenvalue weighted by atomic mass is 10.1. The maximum Gasteiger partial charge on any atom is 0.315 e. The van der Waals surface area contributed by atoms with Gasteiger partial charge in [0.25, 0.3) is 0 Å². The average molecular weight is 344 g/mol. The number of urea groups is 1. The maximum atomic E-state index is 12.1. The minimum atomic E-state index is -0.153. The lowest BCUT2D eigenvalue weighted by molar-refractivity contribution is 0.237. The van der Waals surface area contributed by atoms with Crippen molar-refractivity contribution < 1.29 is 4.79 Å². The second kappa shape index (κ2) is 7.66. The van der Waals surface area contributed by atoms with Crippen LogP contribution in [0.5, 0.6) is 0 Å². The molecule has 2 heterocycles. The summed E-state index contributed by atoms with van der Waals surface area (Å²) in [6, 6.07) is 8.28. The number of aromatic nitrogens is 1. The molecule has 128 valence electrons. The van der Waals surface area contributed by atoms with Crippen LogP contribution in [-0.2, 0) is 6.54 Å². The number of nitrogens with one attached hydrogen (secondary N) is 2. The highest BCUT2D eigenvalue weighted by Gasteiger charge is 2.15. The zero-order valence-electron chi connectivity index (χ0n) is 14.2. The van der Waals surface area contributed by atoms with E-state index in [4.69, 9.17) is 0 Å². The summed E-state index contributed by atoms with van der Waals surface area (Å²) in [5, 5.41) is 6.91. The molecule has 0 saturated carbocycles. The van der Waals surface area contributed by atoms with Crippen molar-refractivity contribution in [2.45, 2.75) is 39.3 Å². The van der Waals surface area contributed by atoms with Crippen molar-refractivity contribution in [3.05, 3.63) is 45.9 Å². The predicted octanol–water partition coefficient (Wildman–Crippen LogP) is 3.61. The maximum absolute atomic E-state index is 12.1. The Balaban J connectivity index is 1.54. The van der Waals surface area contributed by atoms with Crippen molar-refractivity contribution in [2.24, 2.45) is 0 Å². The Morgan fingerprint density at radius 2 is 2.17 bits per heavy atom. The molecular formula is C18H24N4OS. The van der Waals surface area contributed by atoms with Gasteiger partial charge in [-0.2, -0.15) is 0 Å². The van der Waals surface area contributed by atoms with Gasteiger partial charge in [0.1, 0.15) is 0 Å². The molecule has 1 aromatic heterocycles. The summed E-state index contributed by atoms with van der Waals surface area (Å²) in [6.45, 7) is 6.74. The molecule has 0 spiro atoms. The molecule has 1 aliphatic rings. The third-order valence-electron chi connectivity index (χ3n) is 4.28. The van der Waals surface area contributed by atoms with Crippen LogP contribution >= 0.6 is 11.3 Å². The molecule has 0 radical (unpaired) electrons. The van der Waals surface area contributed by atoms with E-state index in [0.717, 1.165) is 28.5 Å². The Labute approximate surface area is 147 Å². The largest absolute Gasteiger partial charge is 0.372 e. The Kier molecular flexibility index (Phi) is 5.35. The molecule has 0 unspecified atom stereocenters. The van der Waals surface area contributed by atoms with Gasteiger partial charge in [-0.25, -0.2) is 9.78 Å². The Morgan fingerprint density at radius 3 is 2.88 bits per heavy atom. The first-order valence-corrected chi connectivity index (χ1v) is 9.24. The van der Waals surface area contributed by atoms with Crippen molar-refractivity contribution >= 4 is 23.1 Å². The van der Waals surface area contributed by atoms with Crippen LogP contribution in [-0.4, -0.2) is 24.1 Å². The van der Waals surface area contributed by atoms with E-state index in [9.17, 15) is 4.79 Å². The number of hydrogen-bond donors (Lipinski definition) is 2. The highest BCUT2D eigenvalue weighted by atomic mass is 32.1. The molecule has 0 bridgehead atoms. The monoisotopic (exact) mass is 344 g/mol. The topological polar surface area (TPSA) is 57.3 Å². The molecule has 1 aliphatic heterocycles. The summed E-state index contributed by atoms with van der Waals surface area (Å²) in [4.78, 5) is 19.8. The first kappa shape index (κ1) is 16.8. The molecule has 0 aliphatic carbocycles. The summed E-state index contributed by atoms with van der Waals surface area (Å²) in [5.74, 6) is 0. The van der Waals surface area contributed by atoms with Crippen LogP contribution in [0.1, 0.15) is 41.3 Å². The standard InChI is InChI=1S/C18H24N4OS/c1-13(21-18(23)20-12-17-11-19-14(2)24-17)15-6-5-7-16(10-15)22-8-3-4-9-22/h5-7,10-11,13H,3-4,8-9,12H2,1-2H3,(H2,20,21,23)/t13-/m1/s1. The van der Waals surface area contributed by atoms with Gasteiger partial charge >= 0.3 is 6.03 Å². The van der Waals surface area contributed by atoms with Crippen LogP contribution in [0.25, 0.3) is 0 Å². The lowest BCUT2D eigenvalue weighted by Gasteiger charge is -2.20. The van der Waals surface area contributed by atoms with E-state index in [1.807, 2.05) is 20.0 Å². The van der Waals surface area contributed by atoms with Crippen molar-refractivity contribution in [1.29, 1.82) is 0 Å². The molecule has 2 aromatic rings. The van der Waals surface area contributed by atoms with E-state index in [1.165, 1.54) is 18.5 Å². The third kappa shape index (κ3) is 4.26. The van der Waals surface area contributed by atoms with E-state index in [0.29, 0.717) is 6.54 Å². The number of rotatable bonds is 5. The zero-order chi connectivity index (χ0) is 16.9. The Morgan fingerprint density at radius 1 is 1.38 bits per heavy atom. The summed E-state index contributed by atoms with van der Waals surface area (Å²) in [6.07, 6.45) is 4.33. The quantitative estimate of drug-likeness (QED) is 0.871. The van der Waals surface area contributed by atoms with Crippen molar-refractivity contribution in [1.82, 2.24) is 15.6 Å². The minimum Gasteiger partial charge on any atom is -0.372 e. The molecule has 1 saturated heterocycles. The second-order valence-corrected chi connectivity index (χ2v) is 7.50. The Bertz CT molecular complexity index is 694. The van der Waals surface area contributed by atoms with Gasteiger partial charge in [0.05, 0.1) is 17.6 Å². The first-order chi connectivity index (χ1) is 11.6. The number of carbonyl (C=O) groups excluding carboxylic acids is 1. The number of amides is 2. The van der Waals surface area contributed by atoms with E-state index in [1.54, 1.807) is 11.3 Å². The second-order valence-electron chi connectivity index (χ2n) is 6.18. The molecule has 1 atom stereocenters. The van der Waals surface area contributed by atoms with Gasteiger partial charge in [-0.05, 0) is 44.4 Å². The molecule has 5 nitrogen and oxygen atoms in total. The molecule has 3 rings (SSSR count). The fourth-order valence-electron chi connectivity index (χ4n) is 2.95. The SMILES string of the molecule is Cc1ncc(CNC(=O)N[C@H](C)c2cccc(N3CCCC3)c2)s1. The van der Waals surface area contributed by atoms with Gasteiger partial charge in [-0.15, -0.1) is 11.3 Å². The number of hydrogen-bond acceptors (Lipinski definition) is 4. The molecule has 1 fully saturated rings. The van der Waals surface area contributed by atoms with Crippen LogP contribution in [0.3, 0.4) is 0 Å². The molecular weight excluding hydrogens is 320 g/mol. The number of anilines is 1. The normalized spacial score (nSPS) is 15.3. The highest BCUT2D eigenvalue weighted by molar-refractivity contribution is 7.11. The third-order valence-corrected chi connectivity index (χ3v) is 5.19. The fourth-order valence-corrected chi connectivity index (χ4v) is 3.69. The zero-order valence-corrected chi connectivity index (χ0v) is 15.0. The molecule has 2 N–H and O–H groups in total. The summed E-state index contributed by atoms with van der Waals surface area (Å²) in [7, 11) is 0. The van der Waals surface area contributed by atoms with Crippen molar-refractivity contribution in [2.75, 3.05) is 18.0 Å². The fraction of sp³-hybridized carbons (Fsp3) is 0.444. The van der Waals surface area contributed by atoms with Crippen LogP contribution in [0.2, 0.25) is 0 Å². The number of carbonyl (C=O) groups is 1. The smallest absolute Gasteiger partial charge is 0.315 e. The predicted molar refractivity (Wildman–Crippen MR) is 98.5 cm³/mol. The van der Waals surface area contributed by atoms with Crippen LogP contribution in [0.4, 0.5) is 10.5 Å². The Hall–Kier alpha value is -2.08. The van der Waals surface area contributed by atoms with Gasteiger partial charge in [0.15, 0.2) is 0 Å². The van der Waals surface area contributed by atoms with Gasteiger partial charge in [0, 0.05) is 29.9 Å². The number of benzene rings is 1. The van der Waals surface area contributed by atoms with Gasteiger partial charge in [-0.3, -0.25) is 0 Å². The van der Waals surface area contributed by atoms with E-state index < -0.39 is 0 Å². The molecule has 6 heteroatoms. The van der Waals surface area contributed by atoms with E-state index >= 15 is 0 Å². The van der Waals surface area contributed by atoms with Gasteiger partial charge < -0.3 is 15.5 Å².